The van der Waals surface area contributed by atoms with E-state index in [1.807, 2.05) is 36.4 Å². The molecule has 2 fully saturated rings. The van der Waals surface area contributed by atoms with Crippen molar-refractivity contribution in [3.8, 4) is 0 Å². The lowest BCUT2D eigenvalue weighted by atomic mass is 9.76. The van der Waals surface area contributed by atoms with Gasteiger partial charge in [-0.3, -0.25) is 4.79 Å². The number of hydrogen-bond donors (Lipinski definition) is 0. The van der Waals surface area contributed by atoms with Crippen LogP contribution in [0.2, 0.25) is 0 Å². The van der Waals surface area contributed by atoms with Crippen molar-refractivity contribution in [1.82, 2.24) is 0 Å². The van der Waals surface area contributed by atoms with Crippen molar-refractivity contribution in [2.75, 3.05) is 0 Å². The molecule has 2 aromatic carbocycles. The Bertz CT molecular complexity index is 1220. The number of fused-ring (bicyclic) bond motifs is 1. The van der Waals surface area contributed by atoms with Gasteiger partial charge < -0.3 is 9.47 Å². The maximum absolute atomic E-state index is 13.7. The largest absolute Gasteiger partial charge is 0.461 e. The third-order valence-corrected chi connectivity index (χ3v) is 8.07. The van der Waals surface area contributed by atoms with E-state index >= 15 is 0 Å². The molecule has 172 valence electrons. The topological polar surface area (TPSA) is 35.5 Å². The minimum Gasteiger partial charge on any atom is -0.461 e. The fourth-order valence-corrected chi connectivity index (χ4v) is 6.13. The summed E-state index contributed by atoms with van der Waals surface area (Å²) in [4.78, 5) is 13.7. The number of benzene rings is 2. The molecule has 4 aliphatic rings. The minimum absolute atomic E-state index is 0.103. The van der Waals surface area contributed by atoms with E-state index in [0.29, 0.717) is 0 Å². The van der Waals surface area contributed by atoms with E-state index in [9.17, 15) is 4.79 Å². The summed E-state index contributed by atoms with van der Waals surface area (Å²) in [5.41, 5.74) is 4.12. The smallest absolute Gasteiger partial charge is 0.223 e. The summed E-state index contributed by atoms with van der Waals surface area (Å²) in [5, 5.41) is 0. The third-order valence-electron chi connectivity index (χ3n) is 8.07. The second kappa shape index (κ2) is 8.25. The Morgan fingerprint density at radius 3 is 2.35 bits per heavy atom. The number of ketones is 1. The predicted octanol–water partition coefficient (Wildman–Crippen LogP) is 6.89. The third kappa shape index (κ3) is 3.33. The molecule has 2 heterocycles. The first-order chi connectivity index (χ1) is 16.6. The molecule has 0 radical (unpaired) electrons. The Balaban J connectivity index is 1.40. The minimum atomic E-state index is -0.836. The van der Waals surface area contributed by atoms with Crippen molar-refractivity contribution in [3.63, 3.8) is 0 Å². The van der Waals surface area contributed by atoms with Crippen LogP contribution in [0.1, 0.15) is 50.2 Å². The molecular weight excluding hydrogens is 420 g/mol. The van der Waals surface area contributed by atoms with Crippen molar-refractivity contribution in [3.05, 3.63) is 107 Å². The molecule has 2 bridgehead atoms. The Kier molecular flexibility index (Phi) is 5.18. The van der Waals surface area contributed by atoms with Gasteiger partial charge in [-0.25, -0.2) is 0 Å². The first-order valence-corrected chi connectivity index (χ1v) is 12.4. The van der Waals surface area contributed by atoms with Crippen LogP contribution in [0.4, 0.5) is 0 Å². The van der Waals surface area contributed by atoms with Gasteiger partial charge in [0.15, 0.2) is 5.78 Å². The molecule has 0 N–H and O–H groups in total. The van der Waals surface area contributed by atoms with Gasteiger partial charge in [0.05, 0.1) is 5.41 Å². The van der Waals surface area contributed by atoms with E-state index in [4.69, 9.17) is 9.47 Å². The number of carbonyl (C=O) groups excluding carboxylic acids is 1. The number of allylic oxidation sites excluding steroid dienone is 3. The molecule has 4 atom stereocenters. The summed E-state index contributed by atoms with van der Waals surface area (Å²) in [6, 6.07) is 20.6. The summed E-state index contributed by atoms with van der Waals surface area (Å²) in [5.74, 6) is 0.231. The maximum Gasteiger partial charge on any atom is 0.223 e. The van der Waals surface area contributed by atoms with E-state index in [1.165, 1.54) is 16.7 Å². The molecule has 3 heteroatoms. The monoisotopic (exact) mass is 450 g/mol. The standard InChI is InChI=1S/C31H30O3/c1-30-20-9-21-31(30)33-27-24(15-8-14-22-10-4-2-5-11-22)17-19-25(27)26(28(34-31)29(30)32)18-16-23-12-6-3-7-13-23/h2-8,10-16,18,26,28H,9,17,19-21H2,1H3/b14-8+,18-16+,24-15+/t26-,28-,30-,31-/m1/s1. The quantitative estimate of drug-likeness (QED) is 0.509. The lowest BCUT2D eigenvalue weighted by Gasteiger charge is -2.35. The second-order valence-corrected chi connectivity index (χ2v) is 10.1. The molecule has 0 amide bonds. The van der Waals surface area contributed by atoms with E-state index < -0.39 is 17.3 Å². The maximum atomic E-state index is 13.7. The van der Waals surface area contributed by atoms with Gasteiger partial charge in [-0.1, -0.05) is 91.0 Å². The molecule has 6 rings (SSSR count). The van der Waals surface area contributed by atoms with Crippen molar-refractivity contribution in [1.29, 1.82) is 0 Å². The zero-order chi connectivity index (χ0) is 23.2. The van der Waals surface area contributed by atoms with E-state index in [0.717, 1.165) is 43.4 Å². The average molecular weight is 451 g/mol. The van der Waals surface area contributed by atoms with Crippen LogP contribution >= 0.6 is 0 Å². The summed E-state index contributed by atoms with van der Waals surface area (Å²) in [6.07, 6.45) is 14.6. The van der Waals surface area contributed by atoms with Gasteiger partial charge in [-0.15, -0.1) is 0 Å². The van der Waals surface area contributed by atoms with Gasteiger partial charge in [0, 0.05) is 12.3 Å². The van der Waals surface area contributed by atoms with Crippen LogP contribution < -0.4 is 0 Å². The van der Waals surface area contributed by atoms with Crippen LogP contribution in [-0.4, -0.2) is 17.7 Å². The molecule has 2 aromatic rings. The number of hydrogen-bond acceptors (Lipinski definition) is 3. The number of ether oxygens (including phenoxy) is 2. The Hall–Kier alpha value is -3.17. The number of rotatable bonds is 4. The van der Waals surface area contributed by atoms with Gasteiger partial charge in [-0.05, 0) is 54.9 Å². The van der Waals surface area contributed by atoms with Crippen molar-refractivity contribution >= 4 is 17.9 Å². The molecule has 1 saturated heterocycles. The molecule has 2 aliphatic carbocycles. The lowest BCUT2D eigenvalue weighted by molar-refractivity contribution is -0.230. The normalized spacial score (nSPS) is 33.6. The summed E-state index contributed by atoms with van der Waals surface area (Å²) < 4.78 is 13.4. The molecular formula is C31H30O3. The van der Waals surface area contributed by atoms with Crippen molar-refractivity contribution < 1.29 is 14.3 Å². The highest BCUT2D eigenvalue weighted by Crippen LogP contribution is 2.61. The molecule has 1 spiro atoms. The van der Waals surface area contributed by atoms with Gasteiger partial charge in [-0.2, -0.15) is 0 Å². The second-order valence-electron chi connectivity index (χ2n) is 10.1. The highest BCUT2D eigenvalue weighted by Gasteiger charge is 2.70. The number of Topliss-reactive ketones (excluding diaryl/α,β-unsaturated/α-hetero) is 1. The Morgan fingerprint density at radius 2 is 1.62 bits per heavy atom. The molecule has 2 aliphatic heterocycles. The van der Waals surface area contributed by atoms with E-state index in [2.05, 4.69) is 61.6 Å². The van der Waals surface area contributed by atoms with Crippen LogP contribution in [0.15, 0.2) is 95.8 Å². The Morgan fingerprint density at radius 1 is 0.912 bits per heavy atom. The highest BCUT2D eigenvalue weighted by atomic mass is 16.7. The van der Waals surface area contributed by atoms with Crippen LogP contribution in [0.25, 0.3) is 12.2 Å². The van der Waals surface area contributed by atoms with E-state index in [-0.39, 0.29) is 11.7 Å². The first kappa shape index (κ1) is 21.4. The fraction of sp³-hybridized carbons (Fsp3) is 0.323. The highest BCUT2D eigenvalue weighted by molar-refractivity contribution is 5.93. The van der Waals surface area contributed by atoms with Gasteiger partial charge in [0.25, 0.3) is 0 Å². The lowest BCUT2D eigenvalue weighted by Crippen LogP contribution is -2.44. The van der Waals surface area contributed by atoms with Crippen LogP contribution in [0.3, 0.4) is 0 Å². The molecule has 0 unspecified atom stereocenters. The molecule has 1 saturated carbocycles. The van der Waals surface area contributed by atoms with Crippen LogP contribution in [-0.2, 0) is 14.3 Å². The summed E-state index contributed by atoms with van der Waals surface area (Å²) in [7, 11) is 0. The van der Waals surface area contributed by atoms with Crippen molar-refractivity contribution in [2.24, 2.45) is 11.3 Å². The Labute approximate surface area is 201 Å². The zero-order valence-corrected chi connectivity index (χ0v) is 19.6. The van der Waals surface area contributed by atoms with E-state index in [1.54, 1.807) is 0 Å². The predicted molar refractivity (Wildman–Crippen MR) is 134 cm³/mol. The fourth-order valence-electron chi connectivity index (χ4n) is 6.13. The summed E-state index contributed by atoms with van der Waals surface area (Å²) >= 11 is 0. The SMILES string of the molecule is C[C@]12CCC[C@]13OC1=C(CC/C1=C\C=C\c1ccccc1)[C@@H](/C=C/c1ccccc1)[C@@H](O3)C2=O. The zero-order valence-electron chi connectivity index (χ0n) is 19.6. The van der Waals surface area contributed by atoms with Gasteiger partial charge >= 0.3 is 0 Å². The molecule has 34 heavy (non-hydrogen) atoms. The van der Waals surface area contributed by atoms with Crippen molar-refractivity contribution in [2.45, 2.75) is 50.9 Å². The molecule has 3 nitrogen and oxygen atoms in total. The van der Waals surface area contributed by atoms with Crippen LogP contribution in [0.5, 0.6) is 0 Å². The first-order valence-electron chi connectivity index (χ1n) is 12.4. The van der Waals surface area contributed by atoms with Gasteiger partial charge in [0.2, 0.25) is 5.79 Å². The molecule has 0 aromatic heterocycles. The van der Waals surface area contributed by atoms with Crippen LogP contribution in [0, 0.1) is 11.3 Å². The summed E-state index contributed by atoms with van der Waals surface area (Å²) in [6.45, 7) is 2.06. The van der Waals surface area contributed by atoms with Gasteiger partial charge in [0.1, 0.15) is 11.9 Å². The average Bonchev–Trinajstić information content (AvgIpc) is 3.42. The number of carbonyl (C=O) groups is 1.